The first-order chi connectivity index (χ1) is 12.6. The number of alkyl halides is 3. The largest absolute Gasteiger partial charge is 0.507 e. The van der Waals surface area contributed by atoms with Crippen LogP contribution in [-0.2, 0) is 17.5 Å². The van der Waals surface area contributed by atoms with E-state index >= 15 is 0 Å². The fourth-order valence-electron chi connectivity index (χ4n) is 3.10. The van der Waals surface area contributed by atoms with Gasteiger partial charge in [-0.25, -0.2) is 0 Å². The zero-order valence-corrected chi connectivity index (χ0v) is 14.8. The monoisotopic (exact) mass is 380 g/mol. The number of hydrogen-bond acceptors (Lipinski definition) is 5. The van der Waals surface area contributed by atoms with Crippen LogP contribution in [0.2, 0.25) is 0 Å². The van der Waals surface area contributed by atoms with Crippen LogP contribution < -0.4 is 5.32 Å². The molecule has 0 unspecified atom stereocenters. The smallest absolute Gasteiger partial charge is 0.416 e. The molecule has 1 aliphatic heterocycles. The van der Waals surface area contributed by atoms with Crippen LogP contribution in [0.15, 0.2) is 24.3 Å². The Morgan fingerprint density at radius 2 is 2.04 bits per heavy atom. The molecule has 2 heterocycles. The van der Waals surface area contributed by atoms with Crippen molar-refractivity contribution >= 4 is 5.91 Å². The number of rotatable bonds is 4. The summed E-state index contributed by atoms with van der Waals surface area (Å²) in [5.41, 5.74) is 0.488. The number of nitrogens with zero attached hydrogens (tertiary/aromatic N) is 3. The first-order valence-corrected chi connectivity index (χ1v) is 8.36. The standard InChI is InChI=1S/C18H19F3N4O2/c1-10-5-11(18(19,20)21)6-15(26)17(10)14-4-3-12(23-24-14)8-22-13-7-16(27)25(2)9-13/h3-6,13,22,26H,7-9H2,1-2H3/t13-/m0/s1. The van der Waals surface area contributed by atoms with Gasteiger partial charge in [-0.15, -0.1) is 0 Å². The molecule has 144 valence electrons. The van der Waals surface area contributed by atoms with E-state index in [1.807, 2.05) is 0 Å². The van der Waals surface area contributed by atoms with Crippen LogP contribution in [-0.4, -0.2) is 45.7 Å². The summed E-state index contributed by atoms with van der Waals surface area (Å²) >= 11 is 0. The Kier molecular flexibility index (Phi) is 5.05. The van der Waals surface area contributed by atoms with Crippen molar-refractivity contribution in [2.45, 2.75) is 32.1 Å². The van der Waals surface area contributed by atoms with Crippen molar-refractivity contribution < 1.29 is 23.1 Å². The average Bonchev–Trinajstić information content (AvgIpc) is 2.91. The van der Waals surface area contributed by atoms with E-state index in [4.69, 9.17) is 0 Å². The molecule has 0 aliphatic carbocycles. The van der Waals surface area contributed by atoms with Gasteiger partial charge in [-0.1, -0.05) is 0 Å². The van der Waals surface area contributed by atoms with Crippen LogP contribution in [0.4, 0.5) is 13.2 Å². The molecule has 1 aromatic heterocycles. The number of carbonyl (C=O) groups excluding carboxylic acids is 1. The topological polar surface area (TPSA) is 78.4 Å². The lowest BCUT2D eigenvalue weighted by atomic mass is 10.0. The van der Waals surface area contributed by atoms with Crippen LogP contribution in [0.3, 0.4) is 0 Å². The lowest BCUT2D eigenvalue weighted by molar-refractivity contribution is -0.137. The van der Waals surface area contributed by atoms with Gasteiger partial charge in [-0.05, 0) is 36.8 Å². The maximum Gasteiger partial charge on any atom is 0.416 e. The predicted molar refractivity (Wildman–Crippen MR) is 91.8 cm³/mol. The molecule has 0 bridgehead atoms. The van der Waals surface area contributed by atoms with Crippen molar-refractivity contribution in [2.24, 2.45) is 0 Å². The highest BCUT2D eigenvalue weighted by molar-refractivity contribution is 5.78. The molecule has 6 nitrogen and oxygen atoms in total. The van der Waals surface area contributed by atoms with E-state index in [9.17, 15) is 23.1 Å². The fraction of sp³-hybridized carbons (Fsp3) is 0.389. The summed E-state index contributed by atoms with van der Waals surface area (Å²) in [6.07, 6.45) is -4.10. The number of carbonyl (C=O) groups is 1. The Morgan fingerprint density at radius 3 is 2.56 bits per heavy atom. The molecule has 1 fully saturated rings. The normalized spacial score (nSPS) is 17.6. The van der Waals surface area contributed by atoms with Gasteiger partial charge in [-0.2, -0.15) is 23.4 Å². The number of aromatic nitrogens is 2. The number of phenols is 1. The van der Waals surface area contributed by atoms with Gasteiger partial charge < -0.3 is 15.3 Å². The van der Waals surface area contributed by atoms with Crippen LogP contribution >= 0.6 is 0 Å². The molecule has 1 atom stereocenters. The highest BCUT2D eigenvalue weighted by Crippen LogP contribution is 2.38. The quantitative estimate of drug-likeness (QED) is 0.852. The highest BCUT2D eigenvalue weighted by Gasteiger charge is 2.32. The lowest BCUT2D eigenvalue weighted by Crippen LogP contribution is -2.31. The number of phenolic OH excluding ortho intramolecular Hbond substituents is 1. The summed E-state index contributed by atoms with van der Waals surface area (Å²) in [4.78, 5) is 13.2. The molecule has 0 radical (unpaired) electrons. The minimum Gasteiger partial charge on any atom is -0.507 e. The highest BCUT2D eigenvalue weighted by atomic mass is 19.4. The molecule has 1 amide bonds. The zero-order valence-electron chi connectivity index (χ0n) is 14.8. The molecule has 27 heavy (non-hydrogen) atoms. The number of aromatic hydroxyl groups is 1. The molecule has 1 saturated heterocycles. The van der Waals surface area contributed by atoms with Crippen LogP contribution in [0.1, 0.15) is 23.2 Å². The maximum atomic E-state index is 12.8. The van der Waals surface area contributed by atoms with Gasteiger partial charge >= 0.3 is 6.18 Å². The Morgan fingerprint density at radius 1 is 1.30 bits per heavy atom. The number of hydrogen-bond donors (Lipinski definition) is 2. The van der Waals surface area contributed by atoms with Crippen molar-refractivity contribution in [1.29, 1.82) is 0 Å². The lowest BCUT2D eigenvalue weighted by Gasteiger charge is -2.13. The third-order valence-electron chi connectivity index (χ3n) is 4.53. The Labute approximate surface area is 154 Å². The van der Waals surface area contributed by atoms with E-state index in [-0.39, 0.29) is 23.1 Å². The van der Waals surface area contributed by atoms with Gasteiger partial charge in [0.15, 0.2) is 0 Å². The summed E-state index contributed by atoms with van der Waals surface area (Å²) in [7, 11) is 1.75. The van der Waals surface area contributed by atoms with Gasteiger partial charge in [0, 0.05) is 38.2 Å². The number of likely N-dealkylation sites (tertiary alicyclic amines) is 1. The number of benzene rings is 1. The van der Waals surface area contributed by atoms with Crippen LogP contribution in [0.5, 0.6) is 5.75 Å². The number of aryl methyl sites for hydroxylation is 1. The summed E-state index contributed by atoms with van der Waals surface area (Å²) in [6, 6.07) is 5.00. The van der Waals surface area contributed by atoms with Crippen molar-refractivity contribution in [3.05, 3.63) is 41.1 Å². The second-order valence-electron chi connectivity index (χ2n) is 6.65. The summed E-state index contributed by atoms with van der Waals surface area (Å²) in [6.45, 7) is 2.52. The molecule has 2 N–H and O–H groups in total. The second-order valence-corrected chi connectivity index (χ2v) is 6.65. The second kappa shape index (κ2) is 7.15. The van der Waals surface area contributed by atoms with Gasteiger partial charge in [0.05, 0.1) is 17.0 Å². The van der Waals surface area contributed by atoms with Crippen LogP contribution in [0.25, 0.3) is 11.3 Å². The number of nitrogens with one attached hydrogen (secondary N) is 1. The molecule has 3 rings (SSSR count). The van der Waals surface area contributed by atoms with Gasteiger partial charge in [0.25, 0.3) is 0 Å². The Bertz CT molecular complexity index is 830. The molecule has 2 aromatic rings. The predicted octanol–water partition coefficient (Wildman–Crippen LogP) is 2.50. The van der Waals surface area contributed by atoms with E-state index in [1.165, 1.54) is 6.92 Å². The van der Waals surface area contributed by atoms with Crippen LogP contribution in [0, 0.1) is 6.92 Å². The van der Waals surface area contributed by atoms with Crippen molar-refractivity contribution in [1.82, 2.24) is 20.4 Å². The third-order valence-corrected chi connectivity index (χ3v) is 4.53. The van der Waals surface area contributed by atoms with E-state index in [0.29, 0.717) is 37.0 Å². The van der Waals surface area contributed by atoms with E-state index < -0.39 is 17.5 Å². The first kappa shape index (κ1) is 19.1. The van der Waals surface area contributed by atoms with E-state index in [0.717, 1.165) is 6.07 Å². The van der Waals surface area contributed by atoms with E-state index in [2.05, 4.69) is 15.5 Å². The number of halogens is 3. The average molecular weight is 380 g/mol. The SMILES string of the molecule is Cc1cc(C(F)(F)F)cc(O)c1-c1ccc(CN[C@H]2CC(=O)N(C)C2)nn1. The molecular weight excluding hydrogens is 361 g/mol. The minimum absolute atomic E-state index is 0.0465. The first-order valence-electron chi connectivity index (χ1n) is 8.36. The molecular formula is C18H19F3N4O2. The Hall–Kier alpha value is -2.68. The van der Waals surface area contributed by atoms with E-state index in [1.54, 1.807) is 24.1 Å². The molecule has 0 spiro atoms. The molecule has 9 heteroatoms. The molecule has 0 saturated carbocycles. The minimum atomic E-state index is -4.53. The third kappa shape index (κ3) is 4.19. The van der Waals surface area contributed by atoms with Crippen molar-refractivity contribution in [3.63, 3.8) is 0 Å². The fourth-order valence-corrected chi connectivity index (χ4v) is 3.10. The van der Waals surface area contributed by atoms with Crippen molar-refractivity contribution in [3.8, 4) is 17.0 Å². The summed E-state index contributed by atoms with van der Waals surface area (Å²) in [5, 5.41) is 21.4. The van der Waals surface area contributed by atoms with Crippen molar-refractivity contribution in [2.75, 3.05) is 13.6 Å². The summed E-state index contributed by atoms with van der Waals surface area (Å²) < 4.78 is 38.5. The number of likely N-dealkylation sites (N-methyl/N-ethyl adjacent to an activating group) is 1. The maximum absolute atomic E-state index is 12.8. The summed E-state index contributed by atoms with van der Waals surface area (Å²) in [5.74, 6) is -0.405. The van der Waals surface area contributed by atoms with Gasteiger partial charge in [0.2, 0.25) is 5.91 Å². The van der Waals surface area contributed by atoms with Gasteiger partial charge in [0.1, 0.15) is 5.75 Å². The number of amides is 1. The molecule has 1 aromatic carbocycles. The molecule has 1 aliphatic rings. The Balaban J connectivity index is 1.73. The van der Waals surface area contributed by atoms with Gasteiger partial charge in [-0.3, -0.25) is 4.79 Å². The zero-order chi connectivity index (χ0) is 19.8.